The Bertz CT molecular complexity index is 953. The maximum absolute atomic E-state index is 12.2. The lowest BCUT2D eigenvalue weighted by Gasteiger charge is -2.08. The number of rotatable bonds is 2. The third-order valence-corrected chi connectivity index (χ3v) is 3.58. The zero-order valence-corrected chi connectivity index (χ0v) is 12.5. The van der Waals surface area contributed by atoms with Crippen LogP contribution in [0, 0.1) is 0 Å². The van der Waals surface area contributed by atoms with E-state index in [9.17, 15) is 4.79 Å². The molecule has 0 N–H and O–H groups in total. The summed E-state index contributed by atoms with van der Waals surface area (Å²) in [5.41, 5.74) is 1.21. The molecule has 0 unspecified atom stereocenters. The number of aromatic nitrogens is 2. The summed E-state index contributed by atoms with van der Waals surface area (Å²) in [4.78, 5) is 20.7. The summed E-state index contributed by atoms with van der Waals surface area (Å²) in [6.07, 6.45) is 2.47. The molecule has 0 radical (unpaired) electrons. The van der Waals surface area contributed by atoms with Gasteiger partial charge in [-0.3, -0.25) is 9.97 Å². The van der Waals surface area contributed by atoms with Crippen molar-refractivity contribution in [3.8, 4) is 11.5 Å². The lowest BCUT2D eigenvalue weighted by molar-refractivity contribution is 0.153. The standard InChI is InChI=1S/C19H12N2O3/c22-19(23-15-9-1-5-13-7-3-11-20-17(13)15)24-16-10-2-6-14-8-4-12-21-18(14)16/h1-12H. The summed E-state index contributed by atoms with van der Waals surface area (Å²) >= 11 is 0. The highest BCUT2D eigenvalue weighted by atomic mass is 16.7. The van der Waals surface area contributed by atoms with Crippen LogP contribution in [0.2, 0.25) is 0 Å². The fourth-order valence-corrected chi connectivity index (χ4v) is 2.52. The number of ether oxygens (including phenoxy) is 2. The van der Waals surface area contributed by atoms with E-state index >= 15 is 0 Å². The summed E-state index contributed by atoms with van der Waals surface area (Å²) in [6, 6.07) is 18.2. The average molecular weight is 316 g/mol. The highest BCUT2D eigenvalue weighted by molar-refractivity contribution is 5.88. The predicted octanol–water partition coefficient (Wildman–Crippen LogP) is 4.36. The second-order valence-corrected chi connectivity index (χ2v) is 5.12. The Morgan fingerprint density at radius 1 is 0.667 bits per heavy atom. The summed E-state index contributed by atoms with van der Waals surface area (Å²) in [6.45, 7) is 0. The zero-order chi connectivity index (χ0) is 16.4. The van der Waals surface area contributed by atoms with Gasteiger partial charge in [0.15, 0.2) is 11.5 Å². The third-order valence-electron chi connectivity index (χ3n) is 3.58. The molecule has 4 aromatic rings. The minimum atomic E-state index is -0.827. The van der Waals surface area contributed by atoms with Crippen LogP contribution in [0.4, 0.5) is 4.79 Å². The number of hydrogen-bond acceptors (Lipinski definition) is 5. The summed E-state index contributed by atoms with van der Waals surface area (Å²) in [7, 11) is 0. The Morgan fingerprint density at radius 3 is 1.62 bits per heavy atom. The van der Waals surface area contributed by atoms with Gasteiger partial charge in [0.2, 0.25) is 0 Å². The van der Waals surface area contributed by atoms with Crippen molar-refractivity contribution in [3.05, 3.63) is 73.1 Å². The molecule has 5 heteroatoms. The molecular weight excluding hydrogens is 304 g/mol. The topological polar surface area (TPSA) is 61.3 Å². The van der Waals surface area contributed by atoms with Crippen molar-refractivity contribution in [2.24, 2.45) is 0 Å². The van der Waals surface area contributed by atoms with E-state index in [1.807, 2.05) is 36.4 Å². The Labute approximate surface area is 137 Å². The Morgan fingerprint density at radius 2 is 1.12 bits per heavy atom. The van der Waals surface area contributed by atoms with Gasteiger partial charge in [0.1, 0.15) is 11.0 Å². The quantitative estimate of drug-likeness (QED) is 0.406. The largest absolute Gasteiger partial charge is 0.519 e. The number of hydrogen-bond donors (Lipinski definition) is 0. The van der Waals surface area contributed by atoms with Crippen molar-refractivity contribution < 1.29 is 14.3 Å². The molecule has 0 amide bonds. The molecule has 2 aromatic heterocycles. The van der Waals surface area contributed by atoms with Gasteiger partial charge in [-0.2, -0.15) is 0 Å². The molecule has 0 aliphatic rings. The second kappa shape index (κ2) is 5.96. The Hall–Kier alpha value is -3.47. The van der Waals surface area contributed by atoms with Gasteiger partial charge in [0, 0.05) is 23.2 Å². The maximum Gasteiger partial charge on any atom is 0.519 e. The maximum atomic E-state index is 12.2. The van der Waals surface area contributed by atoms with Crippen LogP contribution in [0.25, 0.3) is 21.8 Å². The number of pyridine rings is 2. The SMILES string of the molecule is O=C(Oc1cccc2cccnc12)Oc1cccc2cccnc12. The molecule has 0 saturated heterocycles. The summed E-state index contributed by atoms with van der Waals surface area (Å²) in [5.74, 6) is 0.706. The van der Waals surface area contributed by atoms with E-state index in [1.165, 1.54) is 0 Å². The van der Waals surface area contributed by atoms with Crippen LogP contribution in [0.3, 0.4) is 0 Å². The minimum Gasteiger partial charge on any atom is -0.392 e. The summed E-state index contributed by atoms with van der Waals surface area (Å²) in [5, 5.41) is 1.77. The second-order valence-electron chi connectivity index (χ2n) is 5.12. The van der Waals surface area contributed by atoms with Gasteiger partial charge in [0.25, 0.3) is 0 Å². The molecule has 4 rings (SSSR count). The highest BCUT2D eigenvalue weighted by Crippen LogP contribution is 2.26. The van der Waals surface area contributed by atoms with Crippen molar-refractivity contribution >= 4 is 28.0 Å². The van der Waals surface area contributed by atoms with Crippen molar-refractivity contribution in [2.45, 2.75) is 0 Å². The van der Waals surface area contributed by atoms with Crippen LogP contribution >= 0.6 is 0 Å². The van der Waals surface area contributed by atoms with Crippen molar-refractivity contribution in [1.82, 2.24) is 9.97 Å². The van der Waals surface area contributed by atoms with E-state index < -0.39 is 6.16 Å². The van der Waals surface area contributed by atoms with Gasteiger partial charge in [-0.25, -0.2) is 4.79 Å². The minimum absolute atomic E-state index is 0.353. The smallest absolute Gasteiger partial charge is 0.392 e. The first-order valence-electron chi connectivity index (χ1n) is 7.38. The number of benzene rings is 2. The van der Waals surface area contributed by atoms with E-state index in [-0.39, 0.29) is 0 Å². The molecule has 5 nitrogen and oxygen atoms in total. The molecule has 2 aromatic carbocycles. The third kappa shape index (κ3) is 2.63. The van der Waals surface area contributed by atoms with E-state index in [0.29, 0.717) is 22.5 Å². The number of carbonyl (C=O) groups excluding carboxylic acids is 1. The van der Waals surface area contributed by atoms with Gasteiger partial charge in [0.05, 0.1) is 0 Å². The fraction of sp³-hybridized carbons (Fsp3) is 0. The first-order valence-corrected chi connectivity index (χ1v) is 7.38. The lowest BCUT2D eigenvalue weighted by atomic mass is 10.2. The van der Waals surface area contributed by atoms with Crippen LogP contribution in [-0.4, -0.2) is 16.1 Å². The molecule has 0 bridgehead atoms. The zero-order valence-electron chi connectivity index (χ0n) is 12.5. The van der Waals surface area contributed by atoms with Gasteiger partial charge >= 0.3 is 6.16 Å². The van der Waals surface area contributed by atoms with E-state index in [4.69, 9.17) is 9.47 Å². The van der Waals surface area contributed by atoms with Gasteiger partial charge in [-0.1, -0.05) is 36.4 Å². The molecule has 116 valence electrons. The molecular formula is C19H12N2O3. The Balaban J connectivity index is 1.62. The highest BCUT2D eigenvalue weighted by Gasteiger charge is 2.13. The Kier molecular flexibility index (Phi) is 3.51. The lowest BCUT2D eigenvalue weighted by Crippen LogP contribution is -2.14. The number of carbonyl (C=O) groups is 1. The van der Waals surface area contributed by atoms with Crippen molar-refractivity contribution in [3.63, 3.8) is 0 Å². The van der Waals surface area contributed by atoms with Gasteiger partial charge in [-0.15, -0.1) is 0 Å². The average Bonchev–Trinajstić information content (AvgIpc) is 2.62. The van der Waals surface area contributed by atoms with Crippen LogP contribution in [0.1, 0.15) is 0 Å². The molecule has 0 saturated carbocycles. The molecule has 0 atom stereocenters. The normalized spacial score (nSPS) is 10.7. The van der Waals surface area contributed by atoms with Crippen molar-refractivity contribution in [1.29, 1.82) is 0 Å². The fourth-order valence-electron chi connectivity index (χ4n) is 2.52. The molecule has 0 aliphatic carbocycles. The van der Waals surface area contributed by atoms with Crippen LogP contribution < -0.4 is 9.47 Å². The first kappa shape index (κ1) is 14.1. The predicted molar refractivity (Wildman–Crippen MR) is 90.1 cm³/mol. The van der Waals surface area contributed by atoms with Gasteiger partial charge in [-0.05, 0) is 24.3 Å². The molecule has 0 aliphatic heterocycles. The van der Waals surface area contributed by atoms with Crippen LogP contribution in [0.5, 0.6) is 11.5 Å². The van der Waals surface area contributed by atoms with Crippen LogP contribution in [-0.2, 0) is 0 Å². The van der Waals surface area contributed by atoms with Gasteiger partial charge < -0.3 is 9.47 Å². The van der Waals surface area contributed by atoms with Crippen molar-refractivity contribution in [2.75, 3.05) is 0 Å². The molecule has 0 spiro atoms. The number of nitrogens with zero attached hydrogens (tertiary/aromatic N) is 2. The monoisotopic (exact) mass is 316 g/mol. The van der Waals surface area contributed by atoms with E-state index in [2.05, 4.69) is 9.97 Å². The number of para-hydroxylation sites is 2. The summed E-state index contributed by atoms with van der Waals surface area (Å²) < 4.78 is 10.7. The number of fused-ring (bicyclic) bond motifs is 2. The molecule has 24 heavy (non-hydrogen) atoms. The molecule has 0 fully saturated rings. The first-order chi connectivity index (χ1) is 11.8. The van der Waals surface area contributed by atoms with Crippen LogP contribution in [0.15, 0.2) is 73.1 Å². The van der Waals surface area contributed by atoms with E-state index in [0.717, 1.165) is 10.8 Å². The van der Waals surface area contributed by atoms with E-state index in [1.54, 1.807) is 36.7 Å². The molecule has 2 heterocycles.